The minimum absolute atomic E-state index is 0.0120. The van der Waals surface area contributed by atoms with Crippen LogP contribution in [-0.2, 0) is 4.79 Å². The molecule has 13 heteroatoms. The van der Waals surface area contributed by atoms with Crippen LogP contribution in [0.5, 0.6) is 5.75 Å². The molecule has 0 saturated carbocycles. The third-order valence-electron chi connectivity index (χ3n) is 3.69. The highest BCUT2D eigenvalue weighted by atomic mass is 35.5. The van der Waals surface area contributed by atoms with Crippen LogP contribution >= 0.6 is 11.6 Å². The van der Waals surface area contributed by atoms with Crippen LogP contribution in [0.3, 0.4) is 0 Å². The van der Waals surface area contributed by atoms with E-state index >= 15 is 0 Å². The third kappa shape index (κ3) is 3.76. The van der Waals surface area contributed by atoms with E-state index in [1.807, 2.05) is 5.32 Å². The van der Waals surface area contributed by atoms with Crippen LogP contribution in [0.1, 0.15) is 10.5 Å². The fraction of sp³-hybridized carbons (Fsp3) is 0.0714. The Morgan fingerprint density at radius 2 is 1.52 bits per heavy atom. The molecular weight excluding hydrogens is 360 g/mol. The number of nitrogens with one attached hydrogen (secondary N) is 1. The van der Waals surface area contributed by atoms with Crippen LogP contribution in [0.25, 0.3) is 11.1 Å². The number of carbonyl (C=O) groups excluding carboxylic acids is 1. The fourth-order valence-corrected chi connectivity index (χ4v) is 2.54. The lowest BCUT2D eigenvalue weighted by Crippen LogP contribution is -2.47. The first-order valence-corrected chi connectivity index (χ1v) is 7.56. The molecule has 3 N–H and O–H groups in total. The summed E-state index contributed by atoms with van der Waals surface area (Å²) in [5.41, 5.74) is -1.75. The van der Waals surface area contributed by atoms with Gasteiger partial charge in [-0.3, -0.25) is 14.6 Å². The average Bonchev–Trinajstić information content (AvgIpc) is 2.62. The molecule has 2 aromatic rings. The number of rotatable bonds is 4. The van der Waals surface area contributed by atoms with E-state index in [0.29, 0.717) is 0 Å². The number of carboxylic acid groups (broad SMARTS) is 1. The largest absolute Gasteiger partial charge is 0.506 e. The third-order valence-corrected chi connectivity index (χ3v) is 4.10. The summed E-state index contributed by atoms with van der Waals surface area (Å²) in [6, 6.07) is 0. The van der Waals surface area contributed by atoms with Gasteiger partial charge in [-0.1, -0.05) is 28.0 Å². The van der Waals surface area contributed by atoms with Crippen molar-refractivity contribution in [1.82, 2.24) is 10.3 Å². The number of aromatic hydroxyl groups is 1. The summed E-state index contributed by atoms with van der Waals surface area (Å²) in [6.45, 7) is -0.703. The molecule has 0 unspecified atom stereocenters. The second-order valence-corrected chi connectivity index (χ2v) is 5.78. The van der Waals surface area contributed by atoms with Crippen LogP contribution in [0.4, 0.5) is 0 Å². The van der Waals surface area contributed by atoms with Gasteiger partial charge in [0.25, 0.3) is 5.91 Å². The van der Waals surface area contributed by atoms with Crippen LogP contribution < -0.4 is 38.2 Å². The van der Waals surface area contributed by atoms with Crippen LogP contribution in [-0.4, -0.2) is 80.7 Å². The first kappa shape index (κ1) is 21.1. The van der Waals surface area contributed by atoms with Gasteiger partial charge < -0.3 is 15.5 Å². The summed E-state index contributed by atoms with van der Waals surface area (Å²) in [4.78, 5) is 26.3. The van der Waals surface area contributed by atoms with Crippen molar-refractivity contribution in [2.75, 3.05) is 6.54 Å². The molecule has 0 spiro atoms. The molecule has 120 valence electrons. The fourth-order valence-electron chi connectivity index (χ4n) is 2.34. The molecule has 0 aliphatic carbocycles. The number of carboxylic acids is 1. The lowest BCUT2D eigenvalue weighted by molar-refractivity contribution is -0.135. The van der Waals surface area contributed by atoms with Gasteiger partial charge in [0.05, 0.1) is 0 Å². The van der Waals surface area contributed by atoms with Crippen molar-refractivity contribution >= 4 is 103 Å². The number of aromatic nitrogens is 1. The molecule has 2 rings (SSSR count). The molecule has 0 aliphatic heterocycles. The molecule has 6 nitrogen and oxygen atoms in total. The number of halogens is 1. The van der Waals surface area contributed by atoms with Gasteiger partial charge in [0.15, 0.2) is 5.69 Å². The minimum atomic E-state index is -1.30. The average molecular weight is 366 g/mol. The van der Waals surface area contributed by atoms with E-state index in [9.17, 15) is 14.7 Å². The Balaban J connectivity index is 2.71. The number of nitrogens with zero attached hydrogens (tertiary/aromatic N) is 1. The predicted octanol–water partition coefficient (Wildman–Crippen LogP) is -5.32. The zero-order valence-corrected chi connectivity index (χ0v) is 14.5. The van der Waals surface area contributed by atoms with Gasteiger partial charge in [0, 0.05) is 5.02 Å². The Bertz CT molecular complexity index is 956. The van der Waals surface area contributed by atoms with Gasteiger partial charge in [0.1, 0.15) is 59.4 Å². The van der Waals surface area contributed by atoms with E-state index in [4.69, 9.17) is 63.8 Å². The van der Waals surface area contributed by atoms with Crippen molar-refractivity contribution in [3.63, 3.8) is 0 Å². The zero-order valence-electron chi connectivity index (χ0n) is 13.7. The molecule has 0 atom stereocenters. The lowest BCUT2D eigenvalue weighted by Gasteiger charge is -2.23. The molecule has 0 saturated heterocycles. The first-order valence-electron chi connectivity index (χ1n) is 7.18. The molecule has 0 bridgehead atoms. The maximum atomic E-state index is 12.0. The van der Waals surface area contributed by atoms with Gasteiger partial charge in [-0.05, 0) is 22.2 Å². The zero-order chi connectivity index (χ0) is 20.6. The Kier molecular flexibility index (Phi) is 6.10. The normalized spacial score (nSPS) is 10.6. The van der Waals surface area contributed by atoms with E-state index in [1.165, 1.54) is 0 Å². The van der Waals surface area contributed by atoms with Gasteiger partial charge in [0.2, 0.25) is 0 Å². The van der Waals surface area contributed by atoms with E-state index in [2.05, 4.69) is 4.98 Å². The molecule has 1 heterocycles. The second kappa shape index (κ2) is 7.80. The van der Waals surface area contributed by atoms with E-state index in [1.54, 1.807) is 0 Å². The summed E-state index contributed by atoms with van der Waals surface area (Å²) in [7, 11) is 35.2. The maximum Gasteiger partial charge on any atom is 0.322 e. The van der Waals surface area contributed by atoms with Gasteiger partial charge in [-0.15, -0.1) is 5.46 Å². The van der Waals surface area contributed by atoms with Gasteiger partial charge in [-0.25, -0.2) is 0 Å². The molecule has 0 aliphatic rings. The Labute approximate surface area is 167 Å². The van der Waals surface area contributed by atoms with Gasteiger partial charge in [-0.2, -0.15) is 0 Å². The summed E-state index contributed by atoms with van der Waals surface area (Å²) >= 11 is 6.04. The number of hydrogen-bond donors (Lipinski definition) is 3. The summed E-state index contributed by atoms with van der Waals surface area (Å²) in [5, 5.41) is 20.8. The van der Waals surface area contributed by atoms with E-state index in [0.717, 1.165) is 0 Å². The molecular formula is C14H5B6ClN2O4. The van der Waals surface area contributed by atoms with Crippen molar-refractivity contribution in [3.8, 4) is 16.9 Å². The topological polar surface area (TPSA) is 99.5 Å². The Morgan fingerprint density at radius 3 is 2.07 bits per heavy atom. The summed E-state index contributed by atoms with van der Waals surface area (Å²) in [6.07, 6.45) is 0. The highest BCUT2D eigenvalue weighted by Gasteiger charge is 2.23. The number of carbonyl (C=O) groups is 2. The van der Waals surface area contributed by atoms with Crippen molar-refractivity contribution in [1.29, 1.82) is 0 Å². The summed E-state index contributed by atoms with van der Waals surface area (Å²) in [5.74, 6) is -3.06. The minimum Gasteiger partial charge on any atom is -0.506 e. The highest BCUT2D eigenvalue weighted by Crippen LogP contribution is 2.18. The smallest absolute Gasteiger partial charge is 0.322 e. The number of aliphatic carboxylic acids is 1. The van der Waals surface area contributed by atoms with Crippen molar-refractivity contribution in [2.45, 2.75) is 0 Å². The lowest BCUT2D eigenvalue weighted by atomic mass is 9.63. The number of benzene rings is 1. The predicted molar refractivity (Wildman–Crippen MR) is 109 cm³/mol. The van der Waals surface area contributed by atoms with Crippen molar-refractivity contribution in [2.24, 2.45) is 0 Å². The van der Waals surface area contributed by atoms with E-state index < -0.39 is 29.9 Å². The van der Waals surface area contributed by atoms with Crippen molar-refractivity contribution < 1.29 is 19.8 Å². The Morgan fingerprint density at radius 1 is 0.926 bits per heavy atom. The van der Waals surface area contributed by atoms with Crippen LogP contribution in [0.2, 0.25) is 5.02 Å². The number of amides is 1. The SMILES string of the molecule is [B]c1nc(C(=O)NCC(=O)O)c(O)c([B])c1-c1c([B])c([B])c([B])c(Cl)c1[B]. The molecule has 1 aromatic heterocycles. The number of pyridine rings is 1. The quantitative estimate of drug-likeness (QED) is 0.470. The molecule has 0 fully saturated rings. The standard InChI is InChI=1S/C14H5B6ClN2O4/c15-5-3(6(16)10(21)9(19)8(5)18)4-7(17)12(26)11(23-13(4)20)14(27)22-1-2(24)25/h26H,1H2,(H,22,27)(H,24,25). The monoisotopic (exact) mass is 366 g/mol. The Hall–Kier alpha value is -2.21. The van der Waals surface area contributed by atoms with Crippen LogP contribution in [0.15, 0.2) is 0 Å². The highest BCUT2D eigenvalue weighted by molar-refractivity contribution is 6.66. The van der Waals surface area contributed by atoms with Crippen molar-refractivity contribution in [3.05, 3.63) is 10.7 Å². The molecule has 12 radical (unpaired) electrons. The first-order chi connectivity index (χ1) is 12.5. The van der Waals surface area contributed by atoms with Crippen LogP contribution in [0, 0.1) is 0 Å². The maximum absolute atomic E-state index is 12.0. The second-order valence-electron chi connectivity index (χ2n) is 5.40. The molecule has 1 aromatic carbocycles. The molecule has 27 heavy (non-hydrogen) atoms. The van der Waals surface area contributed by atoms with E-state index in [-0.39, 0.29) is 49.1 Å². The van der Waals surface area contributed by atoms with Gasteiger partial charge >= 0.3 is 5.97 Å². The molecule has 1 amide bonds. The number of hydrogen-bond acceptors (Lipinski definition) is 4. The summed E-state index contributed by atoms with van der Waals surface area (Å²) < 4.78 is 0.